The van der Waals surface area contributed by atoms with E-state index in [1.54, 1.807) is 17.0 Å². The number of piperidine rings is 1. The van der Waals surface area contributed by atoms with E-state index in [9.17, 15) is 14.4 Å². The minimum absolute atomic E-state index is 0.184. The van der Waals surface area contributed by atoms with Crippen molar-refractivity contribution in [2.45, 2.75) is 19.8 Å². The molecule has 0 aliphatic carbocycles. The van der Waals surface area contributed by atoms with Crippen molar-refractivity contribution in [1.29, 1.82) is 0 Å². The Hall–Kier alpha value is -2.34. The van der Waals surface area contributed by atoms with Crippen molar-refractivity contribution < 1.29 is 19.1 Å². The van der Waals surface area contributed by atoms with Crippen molar-refractivity contribution in [1.82, 2.24) is 4.90 Å². The van der Waals surface area contributed by atoms with Gasteiger partial charge in [0.15, 0.2) is 6.61 Å². The van der Waals surface area contributed by atoms with Gasteiger partial charge >= 0.3 is 5.97 Å². The fourth-order valence-corrected chi connectivity index (χ4v) is 2.75. The number of ether oxygens (including phenoxy) is 1. The molecule has 1 fully saturated rings. The number of aryl methyl sites for hydroxylation is 1. The monoisotopic (exact) mass is 364 g/mol. The molecule has 2 rings (SSSR count). The molecule has 0 saturated carbocycles. The fraction of sp³-hybridized carbons (Fsp3) is 0.389. The number of benzene rings is 1. The SMILES string of the molecule is Cc1ccc(/C=C/C(=O)OCC(=O)N2CCC(C(N)=O)CC2)cc1Cl. The summed E-state index contributed by atoms with van der Waals surface area (Å²) in [6.07, 6.45) is 3.93. The fourth-order valence-electron chi connectivity index (χ4n) is 2.56. The Balaban J connectivity index is 1.77. The first-order valence-corrected chi connectivity index (χ1v) is 8.42. The van der Waals surface area contributed by atoms with Crippen molar-refractivity contribution in [2.24, 2.45) is 11.7 Å². The molecule has 1 heterocycles. The van der Waals surface area contributed by atoms with Gasteiger partial charge < -0.3 is 15.4 Å². The third kappa shape index (κ3) is 5.60. The second-order valence-corrected chi connectivity index (χ2v) is 6.41. The number of nitrogens with two attached hydrogens (primary N) is 1. The van der Waals surface area contributed by atoms with E-state index in [4.69, 9.17) is 22.1 Å². The van der Waals surface area contributed by atoms with Crippen LogP contribution in [0.4, 0.5) is 0 Å². The molecule has 0 spiro atoms. The first kappa shape index (κ1) is 19.0. The number of carbonyl (C=O) groups excluding carboxylic acids is 3. The van der Waals surface area contributed by atoms with Crippen LogP contribution < -0.4 is 5.73 Å². The van der Waals surface area contributed by atoms with Gasteiger partial charge in [0.2, 0.25) is 5.91 Å². The van der Waals surface area contributed by atoms with Crippen LogP contribution in [0, 0.1) is 12.8 Å². The van der Waals surface area contributed by atoms with E-state index < -0.39 is 5.97 Å². The first-order chi connectivity index (χ1) is 11.9. The molecular formula is C18H21ClN2O4. The van der Waals surface area contributed by atoms with Crippen LogP contribution in [0.25, 0.3) is 6.08 Å². The largest absolute Gasteiger partial charge is 0.452 e. The van der Waals surface area contributed by atoms with E-state index in [0.29, 0.717) is 31.0 Å². The Labute approximate surface area is 151 Å². The standard InChI is InChI=1S/C18H21ClN2O4/c1-12-2-3-13(10-15(12)19)4-5-17(23)25-11-16(22)21-8-6-14(7-9-21)18(20)24/h2-5,10,14H,6-9,11H2,1H3,(H2,20,24)/b5-4+. The molecule has 1 aromatic carbocycles. The number of nitrogens with zero attached hydrogens (tertiary/aromatic N) is 1. The molecule has 1 aliphatic heterocycles. The molecule has 2 amide bonds. The maximum absolute atomic E-state index is 12.0. The van der Waals surface area contributed by atoms with Gasteiger partial charge in [-0.2, -0.15) is 0 Å². The Morgan fingerprint density at radius 2 is 2.00 bits per heavy atom. The molecule has 1 saturated heterocycles. The minimum Gasteiger partial charge on any atom is -0.452 e. The Morgan fingerprint density at radius 3 is 2.60 bits per heavy atom. The quantitative estimate of drug-likeness (QED) is 0.638. The number of halogens is 1. The zero-order chi connectivity index (χ0) is 18.4. The van der Waals surface area contributed by atoms with Crippen LogP contribution in [0.1, 0.15) is 24.0 Å². The van der Waals surface area contributed by atoms with E-state index in [2.05, 4.69) is 0 Å². The second kappa shape index (κ2) is 8.67. The summed E-state index contributed by atoms with van der Waals surface area (Å²) in [4.78, 5) is 36.4. The zero-order valence-corrected chi connectivity index (χ0v) is 14.8. The number of primary amides is 1. The van der Waals surface area contributed by atoms with E-state index >= 15 is 0 Å². The molecule has 25 heavy (non-hydrogen) atoms. The summed E-state index contributed by atoms with van der Waals surface area (Å²) in [7, 11) is 0. The predicted octanol–water partition coefficient (Wildman–Crippen LogP) is 1.93. The van der Waals surface area contributed by atoms with Gasteiger partial charge in [-0.3, -0.25) is 9.59 Å². The highest BCUT2D eigenvalue weighted by atomic mass is 35.5. The van der Waals surface area contributed by atoms with E-state index in [1.807, 2.05) is 19.1 Å². The van der Waals surface area contributed by atoms with Crippen molar-refractivity contribution in [2.75, 3.05) is 19.7 Å². The van der Waals surface area contributed by atoms with Gasteiger partial charge in [0.1, 0.15) is 0 Å². The molecule has 0 atom stereocenters. The molecule has 2 N–H and O–H groups in total. The van der Waals surface area contributed by atoms with Crippen LogP contribution >= 0.6 is 11.6 Å². The van der Waals surface area contributed by atoms with Crippen LogP contribution in [-0.2, 0) is 19.1 Å². The Kier molecular flexibility index (Phi) is 6.58. The number of carbonyl (C=O) groups is 3. The van der Waals surface area contributed by atoms with Gasteiger partial charge in [-0.15, -0.1) is 0 Å². The Morgan fingerprint density at radius 1 is 1.32 bits per heavy atom. The van der Waals surface area contributed by atoms with Crippen LogP contribution in [0.2, 0.25) is 5.02 Å². The predicted molar refractivity (Wildman–Crippen MR) is 94.7 cm³/mol. The lowest BCUT2D eigenvalue weighted by Crippen LogP contribution is -2.43. The van der Waals surface area contributed by atoms with Crippen LogP contribution in [0.15, 0.2) is 24.3 Å². The summed E-state index contributed by atoms with van der Waals surface area (Å²) in [5.41, 5.74) is 6.98. The molecule has 6 nitrogen and oxygen atoms in total. The maximum Gasteiger partial charge on any atom is 0.331 e. The van der Waals surface area contributed by atoms with E-state index in [-0.39, 0.29) is 24.3 Å². The van der Waals surface area contributed by atoms with Gasteiger partial charge in [-0.05, 0) is 43.0 Å². The molecule has 1 aliphatic rings. The van der Waals surface area contributed by atoms with Crippen LogP contribution in [0.3, 0.4) is 0 Å². The zero-order valence-electron chi connectivity index (χ0n) is 14.0. The first-order valence-electron chi connectivity index (χ1n) is 8.05. The molecule has 0 radical (unpaired) electrons. The van der Waals surface area contributed by atoms with E-state index in [1.165, 1.54) is 6.08 Å². The smallest absolute Gasteiger partial charge is 0.331 e. The highest BCUT2D eigenvalue weighted by Crippen LogP contribution is 2.18. The summed E-state index contributed by atoms with van der Waals surface area (Å²) < 4.78 is 4.97. The maximum atomic E-state index is 12.0. The summed E-state index contributed by atoms with van der Waals surface area (Å²) in [6.45, 7) is 2.46. The van der Waals surface area contributed by atoms with Crippen LogP contribution in [0.5, 0.6) is 0 Å². The van der Waals surface area contributed by atoms with Crippen molar-refractivity contribution >= 4 is 35.5 Å². The lowest BCUT2D eigenvalue weighted by atomic mass is 9.96. The minimum atomic E-state index is -0.600. The molecule has 134 valence electrons. The van der Waals surface area contributed by atoms with Crippen LogP contribution in [-0.4, -0.2) is 42.4 Å². The normalized spacial score (nSPS) is 15.4. The molecule has 0 aromatic heterocycles. The summed E-state index contributed by atoms with van der Waals surface area (Å²) in [5, 5.41) is 0.616. The van der Waals surface area contributed by atoms with E-state index in [0.717, 1.165) is 11.1 Å². The molecule has 7 heteroatoms. The third-order valence-corrected chi connectivity index (χ3v) is 4.60. The summed E-state index contributed by atoms with van der Waals surface area (Å²) >= 11 is 6.02. The summed E-state index contributed by atoms with van der Waals surface area (Å²) in [5.74, 6) is -1.39. The van der Waals surface area contributed by atoms with Gasteiger partial charge in [0.05, 0.1) is 0 Å². The molecule has 1 aromatic rings. The molecule has 0 unspecified atom stereocenters. The van der Waals surface area contributed by atoms with Gasteiger partial charge in [0.25, 0.3) is 5.91 Å². The lowest BCUT2D eigenvalue weighted by molar-refractivity contribution is -0.149. The number of rotatable bonds is 5. The topological polar surface area (TPSA) is 89.7 Å². The number of hydrogen-bond acceptors (Lipinski definition) is 4. The highest BCUT2D eigenvalue weighted by molar-refractivity contribution is 6.31. The highest BCUT2D eigenvalue weighted by Gasteiger charge is 2.26. The number of amides is 2. The second-order valence-electron chi connectivity index (χ2n) is 6.01. The molecular weight excluding hydrogens is 344 g/mol. The van der Waals surface area contributed by atoms with Gasteiger partial charge in [0, 0.05) is 30.1 Å². The van der Waals surface area contributed by atoms with Crippen molar-refractivity contribution in [3.8, 4) is 0 Å². The summed E-state index contributed by atoms with van der Waals surface area (Å²) in [6, 6.07) is 5.43. The van der Waals surface area contributed by atoms with Crippen molar-refractivity contribution in [3.63, 3.8) is 0 Å². The van der Waals surface area contributed by atoms with Crippen molar-refractivity contribution in [3.05, 3.63) is 40.4 Å². The average molecular weight is 365 g/mol. The lowest BCUT2D eigenvalue weighted by Gasteiger charge is -2.30. The number of hydrogen-bond donors (Lipinski definition) is 1. The molecule has 0 bridgehead atoms. The van der Waals surface area contributed by atoms with Gasteiger partial charge in [-0.25, -0.2) is 4.79 Å². The number of esters is 1. The average Bonchev–Trinajstić information content (AvgIpc) is 2.60. The number of likely N-dealkylation sites (tertiary alicyclic amines) is 1. The van der Waals surface area contributed by atoms with Gasteiger partial charge in [-0.1, -0.05) is 23.7 Å². The Bertz CT molecular complexity index is 694. The third-order valence-electron chi connectivity index (χ3n) is 4.20.